The molecular weight excluding hydrogens is 266 g/mol. The van der Waals surface area contributed by atoms with Crippen molar-refractivity contribution in [2.75, 3.05) is 0 Å². The van der Waals surface area contributed by atoms with Crippen LogP contribution in [0, 0.1) is 0 Å². The SMILES string of the molecule is C1=CC(C=Cc2ccccc2)=CC(=NCc2ccccc2)C1. The zero-order chi connectivity index (χ0) is 15.0. The van der Waals surface area contributed by atoms with E-state index in [9.17, 15) is 0 Å². The van der Waals surface area contributed by atoms with E-state index in [-0.39, 0.29) is 0 Å². The minimum absolute atomic E-state index is 0.746. The molecule has 22 heavy (non-hydrogen) atoms. The topological polar surface area (TPSA) is 12.4 Å². The van der Waals surface area contributed by atoms with E-state index in [4.69, 9.17) is 4.99 Å². The van der Waals surface area contributed by atoms with Crippen molar-refractivity contribution in [2.45, 2.75) is 13.0 Å². The summed E-state index contributed by atoms with van der Waals surface area (Å²) in [5, 5.41) is 0. The van der Waals surface area contributed by atoms with Crippen molar-refractivity contribution in [1.82, 2.24) is 0 Å². The highest BCUT2D eigenvalue weighted by Crippen LogP contribution is 2.13. The van der Waals surface area contributed by atoms with Crippen LogP contribution in [0.2, 0.25) is 0 Å². The van der Waals surface area contributed by atoms with Crippen LogP contribution in [0.3, 0.4) is 0 Å². The van der Waals surface area contributed by atoms with E-state index >= 15 is 0 Å². The van der Waals surface area contributed by atoms with Crippen LogP contribution in [0.1, 0.15) is 17.5 Å². The van der Waals surface area contributed by atoms with Crippen LogP contribution < -0.4 is 0 Å². The molecular formula is C21H19N. The summed E-state index contributed by atoms with van der Waals surface area (Å²) in [6.45, 7) is 0.746. The Labute approximate surface area is 132 Å². The smallest absolute Gasteiger partial charge is 0.0643 e. The molecule has 0 amide bonds. The molecule has 1 aliphatic rings. The number of nitrogens with zero attached hydrogens (tertiary/aromatic N) is 1. The van der Waals surface area contributed by atoms with Crippen LogP contribution in [-0.2, 0) is 6.54 Å². The first-order valence-electron chi connectivity index (χ1n) is 7.59. The van der Waals surface area contributed by atoms with E-state index in [1.807, 2.05) is 12.1 Å². The lowest BCUT2D eigenvalue weighted by Crippen LogP contribution is -1.98. The third-order valence-electron chi connectivity index (χ3n) is 3.55. The van der Waals surface area contributed by atoms with Crippen molar-refractivity contribution in [3.8, 4) is 0 Å². The van der Waals surface area contributed by atoms with Gasteiger partial charge in [-0.1, -0.05) is 85.0 Å². The second-order valence-corrected chi connectivity index (χ2v) is 5.29. The van der Waals surface area contributed by atoms with Crippen molar-refractivity contribution in [1.29, 1.82) is 0 Å². The van der Waals surface area contributed by atoms with Gasteiger partial charge in [0.2, 0.25) is 0 Å². The highest BCUT2D eigenvalue weighted by Gasteiger charge is 2.01. The Hall–Kier alpha value is -2.67. The number of hydrogen-bond acceptors (Lipinski definition) is 1. The van der Waals surface area contributed by atoms with Gasteiger partial charge in [0.25, 0.3) is 0 Å². The first-order chi connectivity index (χ1) is 10.9. The predicted molar refractivity (Wildman–Crippen MR) is 94.9 cm³/mol. The molecule has 0 atom stereocenters. The molecule has 0 aromatic heterocycles. The van der Waals surface area contributed by atoms with Crippen molar-refractivity contribution >= 4 is 11.8 Å². The molecule has 1 heteroatoms. The third kappa shape index (κ3) is 4.16. The van der Waals surface area contributed by atoms with Crippen molar-refractivity contribution in [2.24, 2.45) is 4.99 Å². The van der Waals surface area contributed by atoms with E-state index in [1.165, 1.54) is 16.7 Å². The fraction of sp³-hybridized carbons (Fsp3) is 0.0952. The highest BCUT2D eigenvalue weighted by atomic mass is 14.7. The summed E-state index contributed by atoms with van der Waals surface area (Å²) in [6, 6.07) is 20.7. The number of benzene rings is 2. The monoisotopic (exact) mass is 285 g/mol. The Morgan fingerprint density at radius 3 is 2.36 bits per heavy atom. The summed E-state index contributed by atoms with van der Waals surface area (Å²) in [6.07, 6.45) is 11.7. The van der Waals surface area contributed by atoms with Gasteiger partial charge >= 0.3 is 0 Å². The molecule has 0 saturated heterocycles. The maximum absolute atomic E-state index is 4.71. The van der Waals surface area contributed by atoms with Gasteiger partial charge in [0.15, 0.2) is 0 Å². The highest BCUT2D eigenvalue weighted by molar-refractivity contribution is 5.98. The van der Waals surface area contributed by atoms with Crippen LogP contribution in [0.25, 0.3) is 6.08 Å². The van der Waals surface area contributed by atoms with E-state index in [1.54, 1.807) is 0 Å². The normalized spacial score (nSPS) is 16.2. The number of aliphatic imine (C=N–C) groups is 1. The molecule has 108 valence electrons. The van der Waals surface area contributed by atoms with Gasteiger partial charge in [0.05, 0.1) is 6.54 Å². The van der Waals surface area contributed by atoms with Gasteiger partial charge in [-0.05, 0) is 22.8 Å². The second kappa shape index (κ2) is 7.37. The summed E-state index contributed by atoms with van der Waals surface area (Å²) < 4.78 is 0. The Morgan fingerprint density at radius 2 is 1.59 bits per heavy atom. The fourth-order valence-electron chi connectivity index (χ4n) is 2.36. The summed E-state index contributed by atoms with van der Waals surface area (Å²) >= 11 is 0. The van der Waals surface area contributed by atoms with Gasteiger partial charge in [0.1, 0.15) is 0 Å². The number of hydrogen-bond donors (Lipinski definition) is 0. The molecule has 2 aromatic rings. The summed E-state index contributed by atoms with van der Waals surface area (Å²) in [5.74, 6) is 0. The molecule has 3 rings (SSSR count). The molecule has 0 N–H and O–H groups in total. The molecule has 1 aliphatic carbocycles. The average molecular weight is 285 g/mol. The lowest BCUT2D eigenvalue weighted by molar-refractivity contribution is 1.06. The van der Waals surface area contributed by atoms with Crippen LogP contribution in [-0.4, -0.2) is 5.71 Å². The van der Waals surface area contributed by atoms with Crippen LogP contribution >= 0.6 is 0 Å². The van der Waals surface area contributed by atoms with Crippen LogP contribution in [0.5, 0.6) is 0 Å². The van der Waals surface area contributed by atoms with Gasteiger partial charge in [-0.25, -0.2) is 0 Å². The maximum Gasteiger partial charge on any atom is 0.0643 e. The fourth-order valence-corrected chi connectivity index (χ4v) is 2.36. The van der Waals surface area contributed by atoms with Gasteiger partial charge in [-0.2, -0.15) is 0 Å². The predicted octanol–water partition coefficient (Wildman–Crippen LogP) is 5.23. The summed E-state index contributed by atoms with van der Waals surface area (Å²) in [4.78, 5) is 4.71. The molecule has 1 nitrogen and oxygen atoms in total. The van der Waals surface area contributed by atoms with Crippen LogP contribution in [0.15, 0.2) is 95.5 Å². The van der Waals surface area contributed by atoms with Crippen molar-refractivity contribution in [3.05, 3.63) is 102 Å². The van der Waals surface area contributed by atoms with E-state index < -0.39 is 0 Å². The molecule has 0 fully saturated rings. The first-order valence-corrected chi connectivity index (χ1v) is 7.59. The molecule has 0 radical (unpaired) electrons. The molecule has 0 unspecified atom stereocenters. The Kier molecular flexibility index (Phi) is 4.78. The maximum atomic E-state index is 4.71. The van der Waals surface area contributed by atoms with Gasteiger partial charge in [-0.3, -0.25) is 4.99 Å². The second-order valence-electron chi connectivity index (χ2n) is 5.29. The molecule has 0 saturated carbocycles. The minimum Gasteiger partial charge on any atom is -0.285 e. The summed E-state index contributed by atoms with van der Waals surface area (Å²) in [5.41, 5.74) is 4.80. The number of rotatable bonds is 4. The lowest BCUT2D eigenvalue weighted by atomic mass is 10.0. The van der Waals surface area contributed by atoms with Gasteiger partial charge in [0, 0.05) is 12.1 Å². The van der Waals surface area contributed by atoms with E-state index in [2.05, 4.69) is 78.9 Å². The Balaban J connectivity index is 1.69. The largest absolute Gasteiger partial charge is 0.285 e. The average Bonchev–Trinajstić information content (AvgIpc) is 2.60. The molecule has 0 bridgehead atoms. The molecule has 2 aromatic carbocycles. The molecule has 0 aliphatic heterocycles. The zero-order valence-corrected chi connectivity index (χ0v) is 12.5. The Morgan fingerprint density at radius 1 is 0.864 bits per heavy atom. The minimum atomic E-state index is 0.746. The Bertz CT molecular complexity index is 719. The standard InChI is InChI=1S/C21H19N/c1-3-8-18(9-4-1)14-15-19-12-7-13-21(16-19)22-17-20-10-5-2-6-11-20/h1-12,14-16H,13,17H2. The van der Waals surface area contributed by atoms with Crippen LogP contribution in [0.4, 0.5) is 0 Å². The van der Waals surface area contributed by atoms with Gasteiger partial charge in [-0.15, -0.1) is 0 Å². The van der Waals surface area contributed by atoms with Gasteiger partial charge < -0.3 is 0 Å². The summed E-state index contributed by atoms with van der Waals surface area (Å²) in [7, 11) is 0. The van der Waals surface area contributed by atoms with Crippen molar-refractivity contribution in [3.63, 3.8) is 0 Å². The quantitative estimate of drug-likeness (QED) is 0.729. The molecule has 0 spiro atoms. The van der Waals surface area contributed by atoms with E-state index in [0.29, 0.717) is 0 Å². The molecule has 0 heterocycles. The lowest BCUT2D eigenvalue weighted by Gasteiger charge is -2.06. The van der Waals surface area contributed by atoms with E-state index in [0.717, 1.165) is 18.7 Å². The number of allylic oxidation sites excluding steroid dienone is 5. The zero-order valence-electron chi connectivity index (χ0n) is 12.5. The van der Waals surface area contributed by atoms with Crippen molar-refractivity contribution < 1.29 is 0 Å². The third-order valence-corrected chi connectivity index (χ3v) is 3.55. The first kappa shape index (κ1) is 14.3.